The van der Waals surface area contributed by atoms with E-state index in [1.165, 1.54) is 5.43 Å². The van der Waals surface area contributed by atoms with Gasteiger partial charge in [-0.3, -0.25) is 0 Å². The van der Waals surface area contributed by atoms with Gasteiger partial charge in [0.15, 0.2) is 0 Å². The molecule has 40 valence electrons. The van der Waals surface area contributed by atoms with Crippen LogP contribution in [0.25, 0.3) is 0 Å². The van der Waals surface area contributed by atoms with Gasteiger partial charge in [0.2, 0.25) is 0 Å². The number of hydrogen-bond acceptors (Lipinski definition) is 4. The molecule has 0 spiro atoms. The first-order chi connectivity index (χ1) is 3.18. The molecule has 0 heterocycles. The van der Waals surface area contributed by atoms with Crippen LogP contribution in [-0.4, -0.2) is 11.0 Å². The van der Waals surface area contributed by atoms with Gasteiger partial charge in [-0.25, -0.2) is 0 Å². The van der Waals surface area contributed by atoms with Gasteiger partial charge in [0.05, 0.1) is 0 Å². The lowest BCUT2D eigenvalue weighted by molar-refractivity contribution is -0.374. The van der Waals surface area contributed by atoms with Crippen LogP contribution in [0.2, 0.25) is 0 Å². The van der Waals surface area contributed by atoms with Crippen molar-refractivity contribution in [2.45, 2.75) is 0 Å². The van der Waals surface area contributed by atoms with Crippen molar-refractivity contribution in [1.82, 2.24) is 5.43 Å². The molecule has 0 aliphatic heterocycles. The van der Waals surface area contributed by atoms with Crippen molar-refractivity contribution in [3.8, 4) is 0 Å². The average molecular weight is 105 g/mol. The summed E-state index contributed by atoms with van der Waals surface area (Å²) in [6.07, 6.45) is 0. The van der Waals surface area contributed by atoms with Gasteiger partial charge < -0.3 is 10.1 Å². The van der Waals surface area contributed by atoms with Gasteiger partial charge in [0.1, 0.15) is 0 Å². The highest BCUT2D eigenvalue weighted by atomic mass is 16.6. The number of nitrogens with two attached hydrogens (primary N) is 1. The maximum absolute atomic E-state index is 9.58. The Morgan fingerprint density at radius 3 is 2.29 bits per heavy atom. The van der Waals surface area contributed by atoms with Crippen LogP contribution in [-0.2, 0) is 0 Å². The van der Waals surface area contributed by atoms with E-state index in [1.807, 2.05) is 0 Å². The predicted molar refractivity (Wildman–Crippen MR) is 19.7 cm³/mol. The van der Waals surface area contributed by atoms with Crippen LogP contribution in [0.5, 0.6) is 0 Å². The molecule has 0 rings (SSSR count). The Hall–Kier alpha value is -1.17. The number of carbonyl (C=O) groups excluding carboxylic acids is 1. The summed E-state index contributed by atoms with van der Waals surface area (Å²) in [5, 5.41) is 9.24. The molecule has 6 heteroatoms. The van der Waals surface area contributed by atoms with Gasteiger partial charge in [-0.15, -0.1) is 0 Å². The molecule has 6 nitrogen and oxygen atoms in total. The minimum Gasteiger partial charge on any atom is -0.355 e. The number of nitrogens with zero attached hydrogens (tertiary/aromatic N) is 1. The highest BCUT2D eigenvalue weighted by molar-refractivity contribution is 5.63. The molecule has 3 N–H and O–H groups in total. The molecule has 0 saturated heterocycles. The second-order valence-corrected chi connectivity index (χ2v) is 0.707. The summed E-state index contributed by atoms with van der Waals surface area (Å²) >= 11 is 0. The zero-order chi connectivity index (χ0) is 5.86. The Morgan fingerprint density at radius 2 is 2.29 bits per heavy atom. The molecule has 0 saturated carbocycles. The number of urea groups is 1. The van der Waals surface area contributed by atoms with E-state index in [1.54, 1.807) is 0 Å². The minimum absolute atomic E-state index is 1.15. The summed E-state index contributed by atoms with van der Waals surface area (Å²) in [5.41, 5.74) is 1.33. The van der Waals surface area contributed by atoms with E-state index in [-0.39, 0.29) is 0 Å². The molecule has 0 aromatic heterocycles. The third-order valence-electron chi connectivity index (χ3n) is 0.289. The topological polar surface area (TPSA) is 98.3 Å². The number of rotatable bonds is 0. The SMILES string of the molecule is NNC(=O)[N+](=O)[O-]. The summed E-state index contributed by atoms with van der Waals surface area (Å²) < 4.78 is 0. The molecule has 0 aliphatic rings. The maximum atomic E-state index is 9.58. The highest BCUT2D eigenvalue weighted by Crippen LogP contribution is 1.64. The molecule has 0 aromatic carbocycles. The fourth-order valence-corrected chi connectivity index (χ4v) is 0.0527. The molecule has 0 atom stereocenters. The van der Waals surface area contributed by atoms with Crippen LogP contribution in [0.4, 0.5) is 4.79 Å². The van der Waals surface area contributed by atoms with Crippen molar-refractivity contribution < 1.29 is 9.72 Å². The van der Waals surface area contributed by atoms with Crippen LogP contribution < -0.4 is 11.3 Å². The van der Waals surface area contributed by atoms with E-state index in [2.05, 4.69) is 5.84 Å². The second-order valence-electron chi connectivity index (χ2n) is 0.707. The lowest BCUT2D eigenvalue weighted by Gasteiger charge is -1.84. The predicted octanol–water partition coefficient (Wildman–Crippen LogP) is -1.15. The van der Waals surface area contributed by atoms with Crippen molar-refractivity contribution in [1.29, 1.82) is 0 Å². The van der Waals surface area contributed by atoms with E-state index in [0.717, 1.165) is 0 Å². The second kappa shape index (κ2) is 2.08. The van der Waals surface area contributed by atoms with E-state index in [4.69, 9.17) is 0 Å². The summed E-state index contributed by atoms with van der Waals surface area (Å²) in [7, 11) is 0. The smallest absolute Gasteiger partial charge is 0.355 e. The average Bonchev–Trinajstić information content (AvgIpc) is 1.65. The van der Waals surface area contributed by atoms with Crippen LogP contribution in [0.15, 0.2) is 0 Å². The number of hydrazine groups is 1. The zero-order valence-corrected chi connectivity index (χ0v) is 3.25. The first-order valence-corrected chi connectivity index (χ1v) is 1.33. The van der Waals surface area contributed by atoms with Gasteiger partial charge in [-0.05, 0) is 0 Å². The van der Waals surface area contributed by atoms with Crippen LogP contribution in [0.1, 0.15) is 0 Å². The van der Waals surface area contributed by atoms with Gasteiger partial charge in [0, 0.05) is 4.92 Å². The fourth-order valence-electron chi connectivity index (χ4n) is 0.0527. The van der Waals surface area contributed by atoms with E-state index >= 15 is 0 Å². The van der Waals surface area contributed by atoms with Gasteiger partial charge in [0.25, 0.3) is 0 Å². The number of carbonyl (C=O) groups is 1. The van der Waals surface area contributed by atoms with E-state index in [9.17, 15) is 14.9 Å². The van der Waals surface area contributed by atoms with Crippen molar-refractivity contribution in [3.05, 3.63) is 10.1 Å². The molecule has 0 fully saturated rings. The molecule has 0 radical (unpaired) electrons. The highest BCUT2D eigenvalue weighted by Gasteiger charge is 2.05. The normalized spacial score (nSPS) is 7.57. The zero-order valence-electron chi connectivity index (χ0n) is 3.25. The summed E-state index contributed by atoms with van der Waals surface area (Å²) in [5.74, 6) is 4.33. The summed E-state index contributed by atoms with van der Waals surface area (Å²) in [6, 6.07) is -1.40. The number of hydrogen-bond donors (Lipinski definition) is 2. The Kier molecular flexibility index (Phi) is 1.74. The van der Waals surface area contributed by atoms with Crippen LogP contribution in [0.3, 0.4) is 0 Å². The lowest BCUT2D eigenvalue weighted by atomic mass is 11.1. The van der Waals surface area contributed by atoms with Crippen LogP contribution in [0, 0.1) is 10.1 Å². The lowest BCUT2D eigenvalue weighted by Crippen LogP contribution is -2.34. The number of nitro groups is 1. The van der Waals surface area contributed by atoms with Crippen molar-refractivity contribution >= 4 is 6.03 Å². The minimum atomic E-state index is -1.40. The third kappa shape index (κ3) is 1.66. The first kappa shape index (κ1) is 5.83. The quantitative estimate of drug-likeness (QED) is 0.176. The Balaban J connectivity index is 3.58. The van der Waals surface area contributed by atoms with Crippen LogP contribution >= 0.6 is 0 Å². The summed E-state index contributed by atoms with van der Waals surface area (Å²) in [4.78, 5) is 17.7. The molecule has 0 aliphatic carbocycles. The molecular formula is CH3N3O3. The van der Waals surface area contributed by atoms with E-state index in [0.29, 0.717) is 0 Å². The molecular weight excluding hydrogens is 102 g/mol. The standard InChI is InChI=1S/CH3N3O3/c2-3-1(5)4(6)7/h2H2,(H,3,5). The van der Waals surface area contributed by atoms with E-state index < -0.39 is 11.0 Å². The monoisotopic (exact) mass is 105 g/mol. The molecule has 2 amide bonds. The van der Waals surface area contributed by atoms with Crippen molar-refractivity contribution in [3.63, 3.8) is 0 Å². The fraction of sp³-hybridized carbons (Fsp3) is 0. The first-order valence-electron chi connectivity index (χ1n) is 1.33. The number of amides is 2. The maximum Gasteiger partial charge on any atom is 0.550 e. The molecule has 7 heavy (non-hydrogen) atoms. The largest absolute Gasteiger partial charge is 0.550 e. The van der Waals surface area contributed by atoms with Crippen molar-refractivity contribution in [2.24, 2.45) is 5.84 Å². The number of nitrogens with one attached hydrogen (secondary N) is 1. The Labute approximate surface area is 38.4 Å². The molecule has 0 bridgehead atoms. The molecule has 0 aromatic rings. The van der Waals surface area contributed by atoms with Crippen molar-refractivity contribution in [2.75, 3.05) is 0 Å². The third-order valence-corrected chi connectivity index (χ3v) is 0.289. The van der Waals surface area contributed by atoms with Gasteiger partial charge in [-0.2, -0.15) is 16.1 Å². The Morgan fingerprint density at radius 1 is 1.86 bits per heavy atom. The van der Waals surface area contributed by atoms with Gasteiger partial charge >= 0.3 is 6.03 Å². The molecule has 0 unspecified atom stereocenters. The summed E-state index contributed by atoms with van der Waals surface area (Å²) in [6.45, 7) is 0. The Bertz CT molecular complexity index is 98.4. The van der Waals surface area contributed by atoms with Gasteiger partial charge in [-0.1, -0.05) is 0 Å².